The van der Waals surface area contributed by atoms with Gasteiger partial charge in [0.25, 0.3) is 5.91 Å². The van der Waals surface area contributed by atoms with Gasteiger partial charge in [0.05, 0.1) is 6.61 Å². The molecular weight excluding hydrogens is 220 g/mol. The number of amides is 2. The predicted molar refractivity (Wildman–Crippen MR) is 64.8 cm³/mol. The quantitative estimate of drug-likeness (QED) is 0.722. The Balaban J connectivity index is 2.77. The minimum Gasteiger partial charge on any atom is -0.394 e. The van der Waals surface area contributed by atoms with E-state index in [0.29, 0.717) is 11.3 Å². The molecule has 0 aliphatic heterocycles. The zero-order valence-corrected chi connectivity index (χ0v) is 9.86. The second kappa shape index (κ2) is 6.00. The molecule has 0 aromatic heterocycles. The molecule has 3 N–H and O–H groups in total. The maximum Gasteiger partial charge on any atom is 0.251 e. The van der Waals surface area contributed by atoms with Gasteiger partial charge in [-0.2, -0.15) is 0 Å². The molecule has 0 spiro atoms. The molecule has 0 aliphatic rings. The third kappa shape index (κ3) is 4.24. The van der Waals surface area contributed by atoms with Gasteiger partial charge < -0.3 is 15.7 Å². The second-order valence-corrected chi connectivity index (χ2v) is 3.82. The number of benzene rings is 1. The molecule has 0 saturated heterocycles. The van der Waals surface area contributed by atoms with Gasteiger partial charge in [-0.1, -0.05) is 6.07 Å². The van der Waals surface area contributed by atoms with Crippen LogP contribution >= 0.6 is 0 Å². The number of hydrogen-bond acceptors (Lipinski definition) is 3. The van der Waals surface area contributed by atoms with Gasteiger partial charge in [0.1, 0.15) is 0 Å². The summed E-state index contributed by atoms with van der Waals surface area (Å²) in [6.07, 6.45) is 0. The van der Waals surface area contributed by atoms with Crippen LogP contribution in [0.4, 0.5) is 5.69 Å². The summed E-state index contributed by atoms with van der Waals surface area (Å²) in [5.41, 5.74) is 1.01. The van der Waals surface area contributed by atoms with Crippen LogP contribution < -0.4 is 10.6 Å². The number of aliphatic hydroxyl groups is 1. The summed E-state index contributed by atoms with van der Waals surface area (Å²) in [6.45, 7) is 2.99. The van der Waals surface area contributed by atoms with Crippen LogP contribution in [-0.4, -0.2) is 29.6 Å². The van der Waals surface area contributed by atoms with Gasteiger partial charge in [-0.15, -0.1) is 0 Å². The number of aliphatic hydroxyl groups excluding tert-OH is 1. The molecule has 5 heteroatoms. The van der Waals surface area contributed by atoms with E-state index in [4.69, 9.17) is 5.11 Å². The Bertz CT molecular complexity index is 418. The molecule has 1 aromatic rings. The largest absolute Gasteiger partial charge is 0.394 e. The number of nitrogens with one attached hydrogen (secondary N) is 2. The molecule has 17 heavy (non-hydrogen) atoms. The lowest BCUT2D eigenvalue weighted by Crippen LogP contribution is -2.34. The van der Waals surface area contributed by atoms with E-state index in [1.165, 1.54) is 6.92 Å². The Morgan fingerprint density at radius 3 is 2.71 bits per heavy atom. The molecule has 1 atom stereocenters. The van der Waals surface area contributed by atoms with Gasteiger partial charge in [0.2, 0.25) is 5.91 Å². The summed E-state index contributed by atoms with van der Waals surface area (Å²) < 4.78 is 0. The fourth-order valence-electron chi connectivity index (χ4n) is 1.29. The first-order valence-electron chi connectivity index (χ1n) is 5.32. The van der Waals surface area contributed by atoms with E-state index in [0.717, 1.165) is 0 Å². The summed E-state index contributed by atoms with van der Waals surface area (Å²) in [4.78, 5) is 22.6. The maximum atomic E-state index is 11.7. The van der Waals surface area contributed by atoms with Gasteiger partial charge in [-0.25, -0.2) is 0 Å². The van der Waals surface area contributed by atoms with Crippen LogP contribution in [-0.2, 0) is 4.79 Å². The van der Waals surface area contributed by atoms with Crippen LogP contribution in [0.3, 0.4) is 0 Å². The Labute approximate surface area is 99.8 Å². The first-order valence-corrected chi connectivity index (χ1v) is 5.32. The first kappa shape index (κ1) is 13.2. The minimum absolute atomic E-state index is 0.114. The molecule has 1 rings (SSSR count). The van der Waals surface area contributed by atoms with E-state index in [1.807, 2.05) is 0 Å². The van der Waals surface area contributed by atoms with Crippen LogP contribution in [0.5, 0.6) is 0 Å². The van der Waals surface area contributed by atoms with E-state index in [-0.39, 0.29) is 24.5 Å². The summed E-state index contributed by atoms with van der Waals surface area (Å²) in [5.74, 6) is -0.468. The van der Waals surface area contributed by atoms with Crippen LogP contribution in [0, 0.1) is 0 Å². The number of carbonyl (C=O) groups excluding carboxylic acids is 2. The van der Waals surface area contributed by atoms with Crippen molar-refractivity contribution < 1.29 is 14.7 Å². The van der Waals surface area contributed by atoms with Gasteiger partial charge in [0, 0.05) is 24.2 Å². The maximum absolute atomic E-state index is 11.7. The highest BCUT2D eigenvalue weighted by atomic mass is 16.3. The van der Waals surface area contributed by atoms with Crippen molar-refractivity contribution >= 4 is 17.5 Å². The fraction of sp³-hybridized carbons (Fsp3) is 0.333. The van der Waals surface area contributed by atoms with Crippen LogP contribution in [0.2, 0.25) is 0 Å². The second-order valence-electron chi connectivity index (χ2n) is 3.82. The normalized spacial score (nSPS) is 11.7. The van der Waals surface area contributed by atoms with Crippen molar-refractivity contribution in [1.29, 1.82) is 0 Å². The third-order valence-corrected chi connectivity index (χ3v) is 2.10. The van der Waals surface area contributed by atoms with Crippen LogP contribution in [0.15, 0.2) is 24.3 Å². The van der Waals surface area contributed by atoms with Crippen molar-refractivity contribution in [2.75, 3.05) is 11.9 Å². The summed E-state index contributed by atoms with van der Waals surface area (Å²) >= 11 is 0. The molecule has 1 aromatic carbocycles. The van der Waals surface area contributed by atoms with E-state index in [2.05, 4.69) is 10.6 Å². The van der Waals surface area contributed by atoms with Gasteiger partial charge >= 0.3 is 0 Å². The highest BCUT2D eigenvalue weighted by Gasteiger charge is 2.09. The summed E-state index contributed by atoms with van der Waals surface area (Å²) in [6, 6.07) is 6.31. The lowest BCUT2D eigenvalue weighted by Gasteiger charge is -2.11. The standard InChI is InChI=1S/C12H16N2O3/c1-8(7-15)13-12(17)10-4-3-5-11(6-10)14-9(2)16/h3-6,8,15H,7H2,1-2H3,(H,13,17)(H,14,16)/t8-/m0/s1. The van der Waals surface area contributed by atoms with Crippen molar-refractivity contribution in [2.45, 2.75) is 19.9 Å². The van der Waals surface area contributed by atoms with Crippen molar-refractivity contribution in [1.82, 2.24) is 5.32 Å². The molecule has 92 valence electrons. The minimum atomic E-state index is -0.299. The number of carbonyl (C=O) groups is 2. The number of anilines is 1. The summed E-state index contributed by atoms with van der Waals surface area (Å²) in [7, 11) is 0. The Kier molecular flexibility index (Phi) is 4.66. The molecule has 0 saturated carbocycles. The first-order chi connectivity index (χ1) is 8.02. The topological polar surface area (TPSA) is 78.4 Å². The van der Waals surface area contributed by atoms with Crippen molar-refractivity contribution in [2.24, 2.45) is 0 Å². The highest BCUT2D eigenvalue weighted by molar-refractivity contribution is 5.96. The van der Waals surface area contributed by atoms with Crippen LogP contribution in [0.25, 0.3) is 0 Å². The van der Waals surface area contributed by atoms with E-state index >= 15 is 0 Å². The SMILES string of the molecule is CC(=O)Nc1cccc(C(=O)N[C@@H](C)CO)c1. The number of rotatable bonds is 4. The predicted octanol–water partition coefficient (Wildman–Crippen LogP) is 0.756. The zero-order chi connectivity index (χ0) is 12.8. The molecule has 0 unspecified atom stereocenters. The molecule has 0 fully saturated rings. The summed E-state index contributed by atoms with van der Waals surface area (Å²) in [5, 5.41) is 14.1. The van der Waals surface area contributed by atoms with E-state index < -0.39 is 0 Å². The Morgan fingerprint density at radius 1 is 1.41 bits per heavy atom. The molecule has 5 nitrogen and oxygen atoms in total. The van der Waals surface area contributed by atoms with E-state index in [9.17, 15) is 9.59 Å². The average molecular weight is 236 g/mol. The number of hydrogen-bond donors (Lipinski definition) is 3. The lowest BCUT2D eigenvalue weighted by molar-refractivity contribution is -0.114. The highest BCUT2D eigenvalue weighted by Crippen LogP contribution is 2.10. The van der Waals surface area contributed by atoms with Gasteiger partial charge in [-0.3, -0.25) is 9.59 Å². The van der Waals surface area contributed by atoms with Crippen molar-refractivity contribution in [3.63, 3.8) is 0 Å². The Morgan fingerprint density at radius 2 is 2.12 bits per heavy atom. The van der Waals surface area contributed by atoms with E-state index in [1.54, 1.807) is 31.2 Å². The lowest BCUT2D eigenvalue weighted by atomic mass is 10.1. The monoisotopic (exact) mass is 236 g/mol. The molecule has 0 aliphatic carbocycles. The molecule has 0 radical (unpaired) electrons. The zero-order valence-electron chi connectivity index (χ0n) is 9.86. The average Bonchev–Trinajstić information content (AvgIpc) is 2.28. The van der Waals surface area contributed by atoms with Crippen molar-refractivity contribution in [3.8, 4) is 0 Å². The molecule has 0 bridgehead atoms. The fourth-order valence-corrected chi connectivity index (χ4v) is 1.29. The molecule has 0 heterocycles. The van der Waals surface area contributed by atoms with Gasteiger partial charge in [0.15, 0.2) is 0 Å². The smallest absolute Gasteiger partial charge is 0.251 e. The van der Waals surface area contributed by atoms with Crippen LogP contribution in [0.1, 0.15) is 24.2 Å². The molecule has 2 amide bonds. The Hall–Kier alpha value is -1.88. The van der Waals surface area contributed by atoms with Gasteiger partial charge in [-0.05, 0) is 25.1 Å². The molecular formula is C12H16N2O3. The third-order valence-electron chi connectivity index (χ3n) is 2.10. The van der Waals surface area contributed by atoms with Crippen molar-refractivity contribution in [3.05, 3.63) is 29.8 Å².